The molecule has 6 rings (SSSR count). The molecule has 0 aliphatic carbocycles. The van der Waals surface area contributed by atoms with Crippen molar-refractivity contribution >= 4 is 33.6 Å². The number of anilines is 2. The number of nitriles is 1. The van der Waals surface area contributed by atoms with Crippen molar-refractivity contribution in [2.24, 2.45) is 0 Å². The lowest BCUT2D eigenvalue weighted by Crippen LogP contribution is -2.28. The molecule has 0 aliphatic heterocycles. The van der Waals surface area contributed by atoms with Crippen LogP contribution in [-0.2, 0) is 0 Å². The van der Waals surface area contributed by atoms with E-state index in [9.17, 15) is 10.1 Å². The molecule has 3 aromatic carbocycles. The molecule has 0 unspecified atom stereocenters. The number of nitrogens with zero attached hydrogens (tertiary/aromatic N) is 6. The molecule has 3 aromatic heterocycles. The SMILES string of the molecule is C[C@@H](Nc1nc(N)ncc1C#N)c1nc2cccc(-c3cnc4ccccc4c3)c2c(=O)n1-c1ccccc1. The Morgan fingerprint density at radius 1 is 0.923 bits per heavy atom. The number of hydrogen-bond donors (Lipinski definition) is 2. The lowest BCUT2D eigenvalue weighted by atomic mass is 10.0. The minimum absolute atomic E-state index is 0.0317. The Bertz CT molecular complexity index is 1960. The maximum Gasteiger partial charge on any atom is 0.266 e. The third-order valence-corrected chi connectivity index (χ3v) is 6.51. The first-order chi connectivity index (χ1) is 19.0. The molecular weight excluding hydrogens is 488 g/mol. The van der Waals surface area contributed by atoms with Crippen molar-refractivity contribution in [3.8, 4) is 22.9 Å². The molecule has 0 saturated heterocycles. The van der Waals surface area contributed by atoms with Crippen LogP contribution in [0.4, 0.5) is 11.8 Å². The van der Waals surface area contributed by atoms with Crippen LogP contribution in [0.15, 0.2) is 96.1 Å². The molecule has 188 valence electrons. The van der Waals surface area contributed by atoms with E-state index in [4.69, 9.17) is 10.7 Å². The average molecular weight is 511 g/mol. The van der Waals surface area contributed by atoms with Gasteiger partial charge in [0.15, 0.2) is 0 Å². The molecule has 0 bridgehead atoms. The monoisotopic (exact) mass is 510 g/mol. The van der Waals surface area contributed by atoms with Crippen LogP contribution in [0, 0.1) is 11.3 Å². The first-order valence-electron chi connectivity index (χ1n) is 12.3. The van der Waals surface area contributed by atoms with E-state index in [0.29, 0.717) is 22.4 Å². The Kier molecular flexibility index (Phi) is 5.90. The van der Waals surface area contributed by atoms with E-state index < -0.39 is 6.04 Å². The molecule has 6 aromatic rings. The fraction of sp³-hybridized carbons (Fsp3) is 0.0667. The van der Waals surface area contributed by atoms with Crippen LogP contribution < -0.4 is 16.6 Å². The number of para-hydroxylation sites is 2. The summed E-state index contributed by atoms with van der Waals surface area (Å²) in [5, 5.41) is 14.2. The smallest absolute Gasteiger partial charge is 0.266 e. The Balaban J connectivity index is 1.58. The molecule has 3 N–H and O–H groups in total. The van der Waals surface area contributed by atoms with Gasteiger partial charge in [-0.25, -0.2) is 9.97 Å². The zero-order valence-corrected chi connectivity index (χ0v) is 20.9. The van der Waals surface area contributed by atoms with E-state index >= 15 is 0 Å². The van der Waals surface area contributed by atoms with E-state index in [1.807, 2.05) is 85.8 Å². The summed E-state index contributed by atoms with van der Waals surface area (Å²) in [5.41, 5.74) is 9.45. The van der Waals surface area contributed by atoms with E-state index in [1.165, 1.54) is 6.20 Å². The van der Waals surface area contributed by atoms with Gasteiger partial charge in [0.25, 0.3) is 5.56 Å². The number of pyridine rings is 1. The van der Waals surface area contributed by atoms with Crippen LogP contribution in [0.3, 0.4) is 0 Å². The molecule has 0 spiro atoms. The first kappa shape index (κ1) is 23.8. The first-order valence-corrected chi connectivity index (χ1v) is 12.3. The van der Waals surface area contributed by atoms with Gasteiger partial charge in [0.1, 0.15) is 23.3 Å². The quantitative estimate of drug-likeness (QED) is 0.330. The van der Waals surface area contributed by atoms with Gasteiger partial charge in [-0.1, -0.05) is 48.5 Å². The van der Waals surface area contributed by atoms with Crippen molar-refractivity contribution in [2.45, 2.75) is 13.0 Å². The maximum absolute atomic E-state index is 14.3. The fourth-order valence-electron chi connectivity index (χ4n) is 4.68. The maximum atomic E-state index is 14.3. The number of fused-ring (bicyclic) bond motifs is 2. The van der Waals surface area contributed by atoms with Crippen molar-refractivity contribution in [1.29, 1.82) is 5.26 Å². The summed E-state index contributed by atoms with van der Waals surface area (Å²) in [6.45, 7) is 1.85. The highest BCUT2D eigenvalue weighted by molar-refractivity contribution is 5.96. The van der Waals surface area contributed by atoms with Crippen LogP contribution in [0.5, 0.6) is 0 Å². The highest BCUT2D eigenvalue weighted by atomic mass is 16.1. The van der Waals surface area contributed by atoms with Crippen LogP contribution in [0.1, 0.15) is 24.4 Å². The zero-order valence-electron chi connectivity index (χ0n) is 20.9. The van der Waals surface area contributed by atoms with Gasteiger partial charge in [-0.15, -0.1) is 0 Å². The Morgan fingerprint density at radius 3 is 2.51 bits per heavy atom. The van der Waals surface area contributed by atoms with Gasteiger partial charge in [0, 0.05) is 17.1 Å². The molecule has 9 nitrogen and oxygen atoms in total. The molecule has 0 saturated carbocycles. The number of rotatable bonds is 5. The molecule has 0 radical (unpaired) electrons. The highest BCUT2D eigenvalue weighted by Crippen LogP contribution is 2.30. The number of nitrogens with two attached hydrogens (primary N) is 1. The average Bonchev–Trinajstić information content (AvgIpc) is 2.97. The second kappa shape index (κ2) is 9.68. The zero-order chi connectivity index (χ0) is 26.9. The Labute approximate surface area is 223 Å². The topological polar surface area (TPSA) is 135 Å². The number of benzene rings is 3. The van der Waals surface area contributed by atoms with Gasteiger partial charge in [-0.3, -0.25) is 14.3 Å². The second-order valence-corrected chi connectivity index (χ2v) is 9.03. The lowest BCUT2D eigenvalue weighted by molar-refractivity contribution is 0.731. The minimum Gasteiger partial charge on any atom is -0.368 e. The molecule has 1 atom stereocenters. The van der Waals surface area contributed by atoms with Crippen molar-refractivity contribution in [1.82, 2.24) is 24.5 Å². The van der Waals surface area contributed by atoms with E-state index in [1.54, 1.807) is 10.8 Å². The normalized spacial score (nSPS) is 11.8. The van der Waals surface area contributed by atoms with Crippen molar-refractivity contribution in [3.05, 3.63) is 113 Å². The highest BCUT2D eigenvalue weighted by Gasteiger charge is 2.21. The number of nitrogens with one attached hydrogen (secondary N) is 1. The second-order valence-electron chi connectivity index (χ2n) is 9.03. The third-order valence-electron chi connectivity index (χ3n) is 6.51. The summed E-state index contributed by atoms with van der Waals surface area (Å²) in [5.74, 6) is 0.750. The summed E-state index contributed by atoms with van der Waals surface area (Å²) in [4.78, 5) is 32.0. The van der Waals surface area contributed by atoms with Gasteiger partial charge in [-0.05, 0) is 42.8 Å². The fourth-order valence-corrected chi connectivity index (χ4v) is 4.68. The van der Waals surface area contributed by atoms with Gasteiger partial charge in [0.05, 0.1) is 34.3 Å². The van der Waals surface area contributed by atoms with Crippen LogP contribution in [-0.4, -0.2) is 24.5 Å². The lowest BCUT2D eigenvalue weighted by Gasteiger charge is -2.21. The van der Waals surface area contributed by atoms with E-state index in [0.717, 1.165) is 22.0 Å². The molecule has 3 heterocycles. The molecule has 0 fully saturated rings. The summed E-state index contributed by atoms with van der Waals surface area (Å²) in [6, 6.07) is 26.4. The van der Waals surface area contributed by atoms with Crippen LogP contribution in [0.2, 0.25) is 0 Å². The Morgan fingerprint density at radius 2 is 1.69 bits per heavy atom. The standard InChI is InChI=1S/C30H22N8O/c1-18(35-27-21(15-31)17-34-30(32)37-27)28-36-25-13-7-11-23(20-14-19-8-5-6-12-24(19)33-16-20)26(25)29(39)38(28)22-9-3-2-4-10-22/h2-14,16-18H,1H3,(H3,32,34,35,37)/t18-/m1/s1. The van der Waals surface area contributed by atoms with Gasteiger partial charge < -0.3 is 11.1 Å². The summed E-state index contributed by atoms with van der Waals surface area (Å²) < 4.78 is 1.59. The van der Waals surface area contributed by atoms with Gasteiger partial charge >= 0.3 is 0 Å². The van der Waals surface area contributed by atoms with Crippen molar-refractivity contribution in [3.63, 3.8) is 0 Å². The molecule has 0 amide bonds. The summed E-state index contributed by atoms with van der Waals surface area (Å²) >= 11 is 0. The van der Waals surface area contributed by atoms with Crippen molar-refractivity contribution in [2.75, 3.05) is 11.1 Å². The number of hydrogen-bond acceptors (Lipinski definition) is 8. The van der Waals surface area contributed by atoms with Crippen molar-refractivity contribution < 1.29 is 0 Å². The van der Waals surface area contributed by atoms with E-state index in [-0.39, 0.29) is 22.9 Å². The molecule has 9 heteroatoms. The Hall–Kier alpha value is -5.62. The van der Waals surface area contributed by atoms with Gasteiger partial charge in [0.2, 0.25) is 5.95 Å². The van der Waals surface area contributed by atoms with Crippen LogP contribution in [0.25, 0.3) is 38.6 Å². The molecule has 0 aliphatic rings. The number of aromatic nitrogens is 5. The summed E-state index contributed by atoms with van der Waals surface area (Å²) in [6.07, 6.45) is 3.14. The predicted molar refractivity (Wildman–Crippen MR) is 151 cm³/mol. The summed E-state index contributed by atoms with van der Waals surface area (Å²) in [7, 11) is 0. The molecule has 39 heavy (non-hydrogen) atoms. The van der Waals surface area contributed by atoms with Gasteiger partial charge in [-0.2, -0.15) is 10.2 Å². The number of nitrogen functional groups attached to an aromatic ring is 1. The van der Waals surface area contributed by atoms with E-state index in [2.05, 4.69) is 26.3 Å². The molecular formula is C30H22N8O. The largest absolute Gasteiger partial charge is 0.368 e. The third kappa shape index (κ3) is 4.30. The minimum atomic E-state index is -0.519. The van der Waals surface area contributed by atoms with Crippen LogP contribution >= 0.6 is 0 Å². The predicted octanol–water partition coefficient (Wildman–Crippen LogP) is 5.02.